The van der Waals surface area contributed by atoms with Crippen molar-refractivity contribution in [2.75, 3.05) is 13.1 Å². The van der Waals surface area contributed by atoms with E-state index < -0.39 is 95.8 Å². The summed E-state index contributed by atoms with van der Waals surface area (Å²) in [5.74, 6) is -6.28. The van der Waals surface area contributed by atoms with Gasteiger partial charge in [0.05, 0.1) is 18.7 Å². The monoisotopic (exact) mass is 962 g/mol. The maximum absolute atomic E-state index is 15.1. The highest BCUT2D eigenvalue weighted by molar-refractivity contribution is 7.13. The van der Waals surface area contributed by atoms with Gasteiger partial charge >= 0.3 is 0 Å². The highest BCUT2D eigenvalue weighted by Gasteiger charge is 2.45. The molecule has 5 heterocycles. The lowest BCUT2D eigenvalue weighted by atomic mass is 9.96. The van der Waals surface area contributed by atoms with Crippen LogP contribution in [-0.2, 0) is 44.8 Å². The highest BCUT2D eigenvalue weighted by Crippen LogP contribution is 2.32. The Bertz CT molecular complexity index is 2670. The first kappa shape index (κ1) is 49.5. The quantitative estimate of drug-likeness (QED) is 0.101. The lowest BCUT2D eigenvalue weighted by Crippen LogP contribution is -2.60. The van der Waals surface area contributed by atoms with E-state index in [0.717, 1.165) is 26.9 Å². The summed E-state index contributed by atoms with van der Waals surface area (Å²) in [4.78, 5) is 115. The van der Waals surface area contributed by atoms with E-state index in [0.29, 0.717) is 30.5 Å². The molecule has 1 unspecified atom stereocenters. The Balaban J connectivity index is 1.24. The molecule has 21 heteroatoms. The van der Waals surface area contributed by atoms with Crippen molar-refractivity contribution < 1.29 is 38.4 Å². The molecule has 2 aliphatic heterocycles. The average molecular weight is 963 g/mol. The number of hydrogen-bond donors (Lipinski definition) is 8. The molecule has 5 aromatic rings. The molecule has 0 saturated carbocycles. The van der Waals surface area contributed by atoms with Gasteiger partial charge in [-0.15, -0.1) is 16.4 Å². The summed E-state index contributed by atoms with van der Waals surface area (Å²) in [6.07, 6.45) is 3.59. The fourth-order valence-corrected chi connectivity index (χ4v) is 9.43. The van der Waals surface area contributed by atoms with Crippen LogP contribution in [0.1, 0.15) is 76.8 Å². The molecule has 2 fully saturated rings. The summed E-state index contributed by atoms with van der Waals surface area (Å²) in [5, 5.41) is 25.3. The molecule has 8 amide bonds. The molecule has 7 rings (SSSR count). The first-order valence-electron chi connectivity index (χ1n) is 23.1. The van der Waals surface area contributed by atoms with Crippen LogP contribution in [0.15, 0.2) is 78.4 Å². The second kappa shape index (κ2) is 22.6. The third kappa shape index (κ3) is 12.4. The number of aromatic nitrogens is 4. The lowest BCUT2D eigenvalue weighted by molar-refractivity contribution is -0.143. The molecule has 20 nitrogen and oxygen atoms in total. The molecule has 2 aliphatic rings. The predicted molar refractivity (Wildman–Crippen MR) is 256 cm³/mol. The molecule has 0 spiro atoms. The van der Waals surface area contributed by atoms with E-state index in [1.165, 1.54) is 4.90 Å². The maximum Gasteiger partial charge on any atom is 0.246 e. The Kier molecular flexibility index (Phi) is 16.2. The number of primary amides is 2. The SMILES string of the molecule is CCC(C)[C@@H]1NC(=O)[C@H](CC(N)=O)NC(=O)CCC(=O)NCCCC[C@@H](C(N)=O)NC(=O)[C@H](Cc2c[nH]c3ccccc23)NC(=O)[C@@H]2C[C@H](n3cc(-c4ccc(-c5cccs5)cc4)nn3)CN2C1=O. The van der Waals surface area contributed by atoms with Crippen molar-refractivity contribution in [3.05, 3.63) is 84.0 Å². The fourth-order valence-electron chi connectivity index (χ4n) is 8.70. The van der Waals surface area contributed by atoms with Crippen LogP contribution in [-0.4, -0.2) is 115 Å². The van der Waals surface area contributed by atoms with E-state index in [9.17, 15) is 33.6 Å². The van der Waals surface area contributed by atoms with Gasteiger partial charge in [-0.3, -0.25) is 38.4 Å². The van der Waals surface area contributed by atoms with Crippen molar-refractivity contribution in [1.82, 2.24) is 51.5 Å². The van der Waals surface area contributed by atoms with Crippen molar-refractivity contribution in [1.29, 1.82) is 0 Å². The number of amides is 8. The van der Waals surface area contributed by atoms with Gasteiger partial charge in [0.2, 0.25) is 47.3 Å². The molecule has 3 aromatic heterocycles. The smallest absolute Gasteiger partial charge is 0.246 e. The number of rotatable bonds is 10. The van der Waals surface area contributed by atoms with E-state index in [2.05, 4.69) is 41.9 Å². The second-order valence-corrected chi connectivity index (χ2v) is 18.6. The lowest BCUT2D eigenvalue weighted by Gasteiger charge is -2.32. The number of nitrogens with two attached hydrogens (primary N) is 2. The number of para-hydroxylation sites is 1. The zero-order valence-corrected chi connectivity index (χ0v) is 39.3. The maximum atomic E-state index is 15.1. The van der Waals surface area contributed by atoms with Gasteiger partial charge in [-0.05, 0) is 53.8 Å². The molecule has 69 heavy (non-hydrogen) atoms. The predicted octanol–water partition coefficient (Wildman–Crippen LogP) is 1.97. The Labute approximate surface area is 402 Å². The number of fused-ring (bicyclic) bond motifs is 2. The van der Waals surface area contributed by atoms with Crippen LogP contribution in [0.2, 0.25) is 0 Å². The van der Waals surface area contributed by atoms with E-state index in [1.807, 2.05) is 73.0 Å². The van der Waals surface area contributed by atoms with Gasteiger partial charge in [0, 0.05) is 66.3 Å². The Morgan fingerprint density at radius 3 is 2.30 bits per heavy atom. The number of hydrogen-bond acceptors (Lipinski definition) is 11. The molecule has 2 saturated heterocycles. The van der Waals surface area contributed by atoms with Crippen LogP contribution in [0.5, 0.6) is 0 Å². The van der Waals surface area contributed by atoms with E-state index in [4.69, 9.17) is 11.5 Å². The molecule has 0 radical (unpaired) electrons. The summed E-state index contributed by atoms with van der Waals surface area (Å²) in [7, 11) is 0. The molecular weight excluding hydrogens is 905 g/mol. The molecule has 10 N–H and O–H groups in total. The zero-order valence-electron chi connectivity index (χ0n) is 38.4. The summed E-state index contributed by atoms with van der Waals surface area (Å²) in [5.41, 5.74) is 15.2. The minimum absolute atomic E-state index is 0.0145. The molecule has 7 atom stereocenters. The molecule has 364 valence electrons. The average Bonchev–Trinajstić information content (AvgIpc) is 4.19. The van der Waals surface area contributed by atoms with Crippen LogP contribution in [0.25, 0.3) is 32.6 Å². The van der Waals surface area contributed by atoms with Crippen LogP contribution in [0.3, 0.4) is 0 Å². The number of nitrogens with zero attached hydrogens (tertiary/aromatic N) is 4. The molecule has 0 bridgehead atoms. The van der Waals surface area contributed by atoms with Crippen LogP contribution < -0.4 is 38.1 Å². The molecular formula is C48H58N12O8S. The summed E-state index contributed by atoms with van der Waals surface area (Å²) in [6, 6.07) is 12.3. The van der Waals surface area contributed by atoms with Crippen molar-refractivity contribution >= 4 is 69.5 Å². The minimum atomic E-state index is -1.49. The fraction of sp³-hybridized carbons (Fsp3) is 0.417. The van der Waals surface area contributed by atoms with Gasteiger partial charge in [-0.1, -0.05) is 74.0 Å². The number of carbonyl (C=O) groups excluding carboxylic acids is 8. The van der Waals surface area contributed by atoms with Crippen LogP contribution in [0, 0.1) is 5.92 Å². The van der Waals surface area contributed by atoms with Gasteiger partial charge in [-0.25, -0.2) is 4.68 Å². The third-order valence-corrected chi connectivity index (χ3v) is 13.7. The van der Waals surface area contributed by atoms with E-state index >= 15 is 4.79 Å². The van der Waals surface area contributed by atoms with Crippen molar-refractivity contribution in [3.8, 4) is 21.7 Å². The summed E-state index contributed by atoms with van der Waals surface area (Å²) in [6.45, 7) is 3.68. The van der Waals surface area contributed by atoms with Gasteiger partial charge in [0.25, 0.3) is 0 Å². The largest absolute Gasteiger partial charge is 0.370 e. The Hall–Kier alpha value is -7.42. The molecule has 2 aromatic carbocycles. The topological polar surface area (TPSA) is 298 Å². The van der Waals surface area contributed by atoms with Gasteiger partial charge in [0.15, 0.2) is 0 Å². The minimum Gasteiger partial charge on any atom is -0.370 e. The number of aromatic amines is 1. The van der Waals surface area contributed by atoms with Gasteiger partial charge in [0.1, 0.15) is 35.9 Å². The van der Waals surface area contributed by atoms with Crippen LogP contribution >= 0.6 is 11.3 Å². The number of thiophene rings is 1. The Morgan fingerprint density at radius 2 is 1.58 bits per heavy atom. The van der Waals surface area contributed by atoms with Crippen molar-refractivity contribution in [2.24, 2.45) is 17.4 Å². The van der Waals surface area contributed by atoms with E-state index in [1.54, 1.807) is 35.3 Å². The summed E-state index contributed by atoms with van der Waals surface area (Å²) < 4.78 is 1.59. The Morgan fingerprint density at radius 1 is 0.841 bits per heavy atom. The third-order valence-electron chi connectivity index (χ3n) is 12.8. The molecule has 0 aliphatic carbocycles. The first-order valence-corrected chi connectivity index (χ1v) is 24.0. The van der Waals surface area contributed by atoms with Crippen LogP contribution in [0.4, 0.5) is 0 Å². The van der Waals surface area contributed by atoms with Crippen molar-refractivity contribution in [3.63, 3.8) is 0 Å². The van der Waals surface area contributed by atoms with E-state index in [-0.39, 0.29) is 45.2 Å². The number of carbonyl (C=O) groups is 8. The van der Waals surface area contributed by atoms with Crippen molar-refractivity contribution in [2.45, 2.75) is 108 Å². The zero-order chi connectivity index (χ0) is 49.2. The highest BCUT2D eigenvalue weighted by atomic mass is 32.1. The van der Waals surface area contributed by atoms with Gasteiger partial charge < -0.3 is 47.9 Å². The van der Waals surface area contributed by atoms with Gasteiger partial charge in [-0.2, -0.15) is 0 Å². The summed E-state index contributed by atoms with van der Waals surface area (Å²) >= 11 is 1.62. The number of benzene rings is 2. The normalized spacial score (nSPS) is 23.2. The number of nitrogens with one attached hydrogen (secondary N) is 6. The standard InChI is InChI=1S/C48H58N12O8S/c1-3-27(2)43-48(68)59-25-31(60-26-37(57-58-60)28-13-15-29(16-14-28)39-12-8-20-69-39)22-38(59)47(67)55-35(21-30-24-52-33-10-5-4-9-32(30)33)45(65)54-34(44(50)64)11-6-7-19-51-41(62)17-18-42(63)53-36(23-40(49)61)46(66)56-43/h4-5,8-10,12-16,20,24,26-27,31,34-36,38,43,52H,3,6-7,11,17-19,21-23,25H2,1-2H3,(H2,49,61)(H2,50,64)(H,51,62)(H,53,63)(H,54,65)(H,55,67)(H,56,66)/t27?,31-,34-,35-,36-,38-,43-/m0/s1. The number of H-pyrrole nitrogens is 1. The first-order chi connectivity index (χ1) is 33.2. The second-order valence-electron chi connectivity index (χ2n) is 17.6.